The molecule has 0 heterocycles. The van der Waals surface area contributed by atoms with Crippen molar-refractivity contribution in [2.24, 2.45) is 0 Å². The molecule has 0 amide bonds. The number of ether oxygens (including phenoxy) is 1. The minimum Gasteiger partial charge on any atom is -0.462 e. The van der Waals surface area contributed by atoms with Gasteiger partial charge in [0.05, 0.1) is 17.7 Å². The number of rotatable bonds is 5. The van der Waals surface area contributed by atoms with Gasteiger partial charge in [0, 0.05) is 6.42 Å². The van der Waals surface area contributed by atoms with Crippen LogP contribution in [-0.4, -0.2) is 18.9 Å². The molecule has 0 aromatic heterocycles. The van der Waals surface area contributed by atoms with Crippen LogP contribution in [0.25, 0.3) is 0 Å². The number of esters is 1. The van der Waals surface area contributed by atoms with E-state index in [2.05, 4.69) is 0 Å². The summed E-state index contributed by atoms with van der Waals surface area (Å²) in [6.45, 7) is 1.74. The topological polar surface area (TPSA) is 43.4 Å². The van der Waals surface area contributed by atoms with Gasteiger partial charge in [0.2, 0.25) is 0 Å². The zero-order valence-electron chi connectivity index (χ0n) is 10.3. The van der Waals surface area contributed by atoms with Gasteiger partial charge in [0.1, 0.15) is 6.29 Å². The molecule has 104 valence electrons. The summed E-state index contributed by atoms with van der Waals surface area (Å²) >= 11 is 0. The molecule has 0 saturated carbocycles. The van der Waals surface area contributed by atoms with Gasteiger partial charge >= 0.3 is 12.1 Å². The number of hydrogen-bond donors (Lipinski definition) is 0. The zero-order valence-corrected chi connectivity index (χ0v) is 10.3. The molecule has 1 aromatic carbocycles. The van der Waals surface area contributed by atoms with Gasteiger partial charge in [-0.25, -0.2) is 4.79 Å². The molecule has 6 heteroatoms. The van der Waals surface area contributed by atoms with Crippen LogP contribution in [0.5, 0.6) is 0 Å². The third-order valence-corrected chi connectivity index (χ3v) is 2.46. The number of hydrogen-bond acceptors (Lipinski definition) is 3. The minimum atomic E-state index is -4.48. The molecule has 1 rings (SSSR count). The Morgan fingerprint density at radius 1 is 1.37 bits per heavy atom. The third kappa shape index (κ3) is 4.08. The second kappa shape index (κ2) is 6.36. The van der Waals surface area contributed by atoms with Gasteiger partial charge < -0.3 is 9.53 Å². The zero-order chi connectivity index (χ0) is 14.5. The van der Waals surface area contributed by atoms with Crippen molar-refractivity contribution in [3.63, 3.8) is 0 Å². The average molecular weight is 274 g/mol. The van der Waals surface area contributed by atoms with Crippen molar-refractivity contribution in [2.45, 2.75) is 25.9 Å². The molecule has 0 aliphatic carbocycles. The molecule has 0 aliphatic rings. The molecule has 0 aliphatic heterocycles. The van der Waals surface area contributed by atoms with E-state index in [9.17, 15) is 22.8 Å². The Bertz CT molecular complexity index is 467. The number of aryl methyl sites for hydroxylation is 1. The quantitative estimate of drug-likeness (QED) is 0.612. The lowest BCUT2D eigenvalue weighted by molar-refractivity contribution is -0.137. The lowest BCUT2D eigenvalue weighted by atomic mass is 10.00. The van der Waals surface area contributed by atoms with E-state index < -0.39 is 17.7 Å². The van der Waals surface area contributed by atoms with Crippen molar-refractivity contribution in [3.05, 3.63) is 34.9 Å². The molecule has 0 N–H and O–H groups in total. The highest BCUT2D eigenvalue weighted by atomic mass is 19.4. The molecule has 0 bridgehead atoms. The molecular formula is C13H13F3O3. The molecule has 0 spiro atoms. The number of aldehydes is 1. The Kier molecular flexibility index (Phi) is 5.09. The standard InChI is InChI=1S/C13H13F3O3/c1-2-19-12(18)11-6-5-10(13(14,15)16)8-9(11)4-3-7-17/h5-8H,2-4H2,1H3. The Morgan fingerprint density at radius 2 is 2.05 bits per heavy atom. The second-order valence-electron chi connectivity index (χ2n) is 3.80. The molecule has 0 atom stereocenters. The van der Waals surface area contributed by atoms with Crippen molar-refractivity contribution in [1.82, 2.24) is 0 Å². The molecule has 1 aromatic rings. The normalized spacial score (nSPS) is 11.2. The van der Waals surface area contributed by atoms with Crippen LogP contribution in [0.2, 0.25) is 0 Å². The number of benzene rings is 1. The van der Waals surface area contributed by atoms with E-state index >= 15 is 0 Å². The highest BCUT2D eigenvalue weighted by Gasteiger charge is 2.31. The molecule has 3 nitrogen and oxygen atoms in total. The van der Waals surface area contributed by atoms with Gasteiger partial charge in [0.25, 0.3) is 0 Å². The first-order valence-electron chi connectivity index (χ1n) is 5.71. The van der Waals surface area contributed by atoms with Crippen LogP contribution in [0, 0.1) is 0 Å². The Balaban J connectivity index is 3.16. The molecule has 0 saturated heterocycles. The Morgan fingerprint density at radius 3 is 2.58 bits per heavy atom. The van der Waals surface area contributed by atoms with Crippen LogP contribution in [0.4, 0.5) is 13.2 Å². The first-order chi connectivity index (χ1) is 8.90. The number of carbonyl (C=O) groups is 2. The summed E-state index contributed by atoms with van der Waals surface area (Å²) in [5.74, 6) is -0.683. The minimum absolute atomic E-state index is 0.0493. The van der Waals surface area contributed by atoms with E-state index in [0.717, 1.165) is 18.2 Å². The summed E-state index contributed by atoms with van der Waals surface area (Å²) in [6.07, 6.45) is -3.77. The predicted octanol–water partition coefficient (Wildman–Crippen LogP) is 3.01. The maximum atomic E-state index is 12.6. The smallest absolute Gasteiger partial charge is 0.416 e. The largest absolute Gasteiger partial charge is 0.462 e. The number of alkyl halides is 3. The first-order valence-corrected chi connectivity index (χ1v) is 5.71. The van der Waals surface area contributed by atoms with Crippen molar-refractivity contribution in [1.29, 1.82) is 0 Å². The van der Waals surface area contributed by atoms with Crippen LogP contribution < -0.4 is 0 Å². The third-order valence-electron chi connectivity index (χ3n) is 2.46. The second-order valence-corrected chi connectivity index (χ2v) is 3.80. The molecule has 0 fully saturated rings. The van der Waals surface area contributed by atoms with Gasteiger partial charge in [-0.15, -0.1) is 0 Å². The van der Waals surface area contributed by atoms with Crippen molar-refractivity contribution >= 4 is 12.3 Å². The Hall–Kier alpha value is -1.85. The summed E-state index contributed by atoms with van der Waals surface area (Å²) < 4.78 is 42.5. The van der Waals surface area contributed by atoms with E-state index in [-0.39, 0.29) is 30.6 Å². The fourth-order valence-electron chi connectivity index (χ4n) is 1.60. The van der Waals surface area contributed by atoms with Gasteiger partial charge in [0.15, 0.2) is 0 Å². The summed E-state index contributed by atoms with van der Waals surface area (Å²) in [6, 6.07) is 2.80. The lowest BCUT2D eigenvalue weighted by Gasteiger charge is -2.12. The van der Waals surface area contributed by atoms with Gasteiger partial charge in [-0.05, 0) is 37.1 Å². The van der Waals surface area contributed by atoms with Crippen LogP contribution in [0.3, 0.4) is 0 Å². The van der Waals surface area contributed by atoms with Crippen molar-refractivity contribution in [3.8, 4) is 0 Å². The first kappa shape index (κ1) is 15.2. The lowest BCUT2D eigenvalue weighted by Crippen LogP contribution is -2.12. The molecule has 0 unspecified atom stereocenters. The summed E-state index contributed by atoms with van der Waals surface area (Å²) in [5, 5.41) is 0. The average Bonchev–Trinajstić information content (AvgIpc) is 2.35. The van der Waals surface area contributed by atoms with E-state index in [1.165, 1.54) is 0 Å². The Labute approximate surface area is 108 Å². The molecular weight excluding hydrogens is 261 g/mol. The van der Waals surface area contributed by atoms with Crippen LogP contribution in [-0.2, 0) is 22.1 Å². The fourth-order valence-corrected chi connectivity index (χ4v) is 1.60. The maximum absolute atomic E-state index is 12.6. The summed E-state index contributed by atoms with van der Waals surface area (Å²) in [7, 11) is 0. The van der Waals surface area contributed by atoms with E-state index in [1.807, 2.05) is 0 Å². The predicted molar refractivity (Wildman–Crippen MR) is 61.8 cm³/mol. The van der Waals surface area contributed by atoms with Crippen molar-refractivity contribution in [2.75, 3.05) is 6.61 Å². The number of halogens is 3. The maximum Gasteiger partial charge on any atom is 0.416 e. The highest BCUT2D eigenvalue weighted by molar-refractivity contribution is 5.91. The summed E-state index contributed by atoms with van der Waals surface area (Å²) in [5.41, 5.74) is -0.612. The highest BCUT2D eigenvalue weighted by Crippen LogP contribution is 2.31. The van der Waals surface area contributed by atoms with Crippen molar-refractivity contribution < 1.29 is 27.5 Å². The van der Waals surface area contributed by atoms with E-state index in [1.54, 1.807) is 6.92 Å². The van der Waals surface area contributed by atoms with Gasteiger partial charge in [-0.1, -0.05) is 0 Å². The number of carbonyl (C=O) groups excluding carboxylic acids is 2. The van der Waals surface area contributed by atoms with Crippen LogP contribution >= 0.6 is 0 Å². The van der Waals surface area contributed by atoms with E-state index in [4.69, 9.17) is 4.74 Å². The fraction of sp³-hybridized carbons (Fsp3) is 0.385. The van der Waals surface area contributed by atoms with Crippen LogP contribution in [0.1, 0.15) is 34.8 Å². The molecule has 19 heavy (non-hydrogen) atoms. The van der Waals surface area contributed by atoms with Gasteiger partial charge in [-0.2, -0.15) is 13.2 Å². The SMILES string of the molecule is CCOC(=O)c1ccc(C(F)(F)F)cc1CCC=O. The van der Waals surface area contributed by atoms with Crippen LogP contribution in [0.15, 0.2) is 18.2 Å². The summed E-state index contributed by atoms with van der Waals surface area (Å²) in [4.78, 5) is 21.9. The van der Waals surface area contributed by atoms with Gasteiger partial charge in [-0.3, -0.25) is 0 Å². The molecule has 0 radical (unpaired) electrons. The van der Waals surface area contributed by atoms with E-state index in [0.29, 0.717) is 6.29 Å². The monoisotopic (exact) mass is 274 g/mol.